The zero-order valence-corrected chi connectivity index (χ0v) is 20.7. The molecule has 0 spiro atoms. The number of ketones is 2. The van der Waals surface area contributed by atoms with Crippen molar-refractivity contribution < 1.29 is 23.9 Å². The fourth-order valence-corrected chi connectivity index (χ4v) is 5.47. The number of aliphatic hydroxyl groups is 1. The molecule has 1 fully saturated rings. The van der Waals surface area contributed by atoms with Crippen LogP contribution in [0.25, 0.3) is 11.4 Å². The summed E-state index contributed by atoms with van der Waals surface area (Å²) in [4.78, 5) is 49.2. The number of aromatic nitrogens is 3. The quantitative estimate of drug-likeness (QED) is 0.187. The van der Waals surface area contributed by atoms with E-state index in [-0.39, 0.29) is 22.2 Å². The Bertz CT molecular complexity index is 1620. The maximum absolute atomic E-state index is 13.8. The van der Waals surface area contributed by atoms with Gasteiger partial charge in [-0.3, -0.25) is 19.3 Å². The lowest BCUT2D eigenvalue weighted by Crippen LogP contribution is -2.29. The number of amides is 1. The molecule has 1 aliphatic rings. The van der Waals surface area contributed by atoms with E-state index in [0.29, 0.717) is 27.5 Å². The first-order valence-corrected chi connectivity index (χ1v) is 11.9. The SMILES string of the molecule is CC(=O)c1sc(N2C(=O)C(=O)/C(=C(/O)c3nc4c(C)cccn4c3C)C2c2ccc(F)cc2)nc1C. The summed E-state index contributed by atoms with van der Waals surface area (Å²) in [5, 5.41) is 11.6. The van der Waals surface area contributed by atoms with E-state index in [9.17, 15) is 23.9 Å². The maximum atomic E-state index is 13.8. The number of Topliss-reactive ketones (excluding diaryl/α,β-unsaturated/α-hetero) is 2. The minimum Gasteiger partial charge on any atom is -0.505 e. The van der Waals surface area contributed by atoms with E-state index in [1.54, 1.807) is 24.4 Å². The Morgan fingerprint density at radius 3 is 2.39 bits per heavy atom. The van der Waals surface area contributed by atoms with E-state index in [0.717, 1.165) is 21.8 Å². The molecule has 1 unspecified atom stereocenters. The molecule has 3 aromatic heterocycles. The van der Waals surface area contributed by atoms with E-state index >= 15 is 0 Å². The van der Waals surface area contributed by atoms with E-state index < -0.39 is 29.3 Å². The van der Waals surface area contributed by atoms with Crippen LogP contribution in [0.2, 0.25) is 0 Å². The highest BCUT2D eigenvalue weighted by Crippen LogP contribution is 2.44. The van der Waals surface area contributed by atoms with Crippen molar-refractivity contribution in [3.63, 3.8) is 0 Å². The average Bonchev–Trinajstić information content (AvgIpc) is 3.47. The van der Waals surface area contributed by atoms with Gasteiger partial charge in [-0.1, -0.05) is 29.5 Å². The van der Waals surface area contributed by atoms with Gasteiger partial charge in [0.2, 0.25) is 0 Å². The van der Waals surface area contributed by atoms with Crippen LogP contribution in [0.1, 0.15) is 50.8 Å². The number of benzene rings is 1. The van der Waals surface area contributed by atoms with Gasteiger partial charge in [0.05, 0.1) is 27.9 Å². The van der Waals surface area contributed by atoms with Crippen LogP contribution in [0.3, 0.4) is 0 Å². The molecule has 0 radical (unpaired) electrons. The van der Waals surface area contributed by atoms with E-state index in [4.69, 9.17) is 0 Å². The van der Waals surface area contributed by atoms with E-state index in [1.165, 1.54) is 31.2 Å². The topological polar surface area (TPSA) is 105 Å². The number of anilines is 1. The van der Waals surface area contributed by atoms with Crippen LogP contribution in [-0.4, -0.2) is 36.9 Å². The summed E-state index contributed by atoms with van der Waals surface area (Å²) in [6, 6.07) is 7.93. The molecule has 8 nitrogen and oxygen atoms in total. The fraction of sp³-hybridized carbons (Fsp3) is 0.192. The predicted molar refractivity (Wildman–Crippen MR) is 133 cm³/mol. The van der Waals surface area contributed by atoms with E-state index in [2.05, 4.69) is 9.97 Å². The normalized spacial score (nSPS) is 17.4. The number of imidazole rings is 1. The predicted octanol–water partition coefficient (Wildman–Crippen LogP) is 4.68. The van der Waals surface area contributed by atoms with Crippen LogP contribution in [0, 0.1) is 26.6 Å². The third kappa shape index (κ3) is 3.53. The van der Waals surface area contributed by atoms with Crippen LogP contribution < -0.4 is 4.90 Å². The molecule has 4 heterocycles. The molecule has 36 heavy (non-hydrogen) atoms. The zero-order valence-electron chi connectivity index (χ0n) is 19.9. The number of nitrogens with zero attached hydrogens (tertiary/aromatic N) is 4. The highest BCUT2D eigenvalue weighted by Gasteiger charge is 2.48. The average molecular weight is 505 g/mol. The number of aliphatic hydroxyl groups excluding tert-OH is 1. The maximum Gasteiger partial charge on any atom is 0.301 e. The lowest BCUT2D eigenvalue weighted by Gasteiger charge is -2.22. The lowest BCUT2D eigenvalue weighted by atomic mass is 9.96. The Hall–Kier alpha value is -4.18. The Morgan fingerprint density at radius 2 is 1.78 bits per heavy atom. The number of halogens is 1. The first-order valence-electron chi connectivity index (χ1n) is 11.1. The lowest BCUT2D eigenvalue weighted by molar-refractivity contribution is -0.132. The number of thiazole rings is 1. The molecule has 1 N–H and O–H groups in total. The highest BCUT2D eigenvalue weighted by atomic mass is 32.1. The highest BCUT2D eigenvalue weighted by molar-refractivity contribution is 7.18. The second-order valence-corrected chi connectivity index (χ2v) is 9.60. The second-order valence-electron chi connectivity index (χ2n) is 8.62. The van der Waals surface area contributed by atoms with Crippen LogP contribution in [0.15, 0.2) is 48.2 Å². The summed E-state index contributed by atoms with van der Waals surface area (Å²) in [7, 11) is 0. The summed E-state index contributed by atoms with van der Waals surface area (Å²) in [5.41, 5.74) is 2.85. The van der Waals surface area contributed by atoms with Gasteiger partial charge in [0, 0.05) is 13.1 Å². The Labute approximate surface area is 209 Å². The van der Waals surface area contributed by atoms with Crippen molar-refractivity contribution >= 4 is 45.3 Å². The molecule has 0 bridgehead atoms. The van der Waals surface area contributed by atoms with Crippen molar-refractivity contribution in [2.45, 2.75) is 33.7 Å². The number of fused-ring (bicyclic) bond motifs is 1. The first-order chi connectivity index (χ1) is 17.1. The fourth-order valence-electron chi connectivity index (χ4n) is 4.48. The monoisotopic (exact) mass is 504 g/mol. The molecule has 1 aliphatic heterocycles. The molecular formula is C26H21FN4O4S. The van der Waals surface area contributed by atoms with Gasteiger partial charge in [-0.25, -0.2) is 14.4 Å². The van der Waals surface area contributed by atoms with Gasteiger partial charge in [-0.05, 0) is 50.1 Å². The van der Waals surface area contributed by atoms with Gasteiger partial charge >= 0.3 is 5.91 Å². The molecule has 5 rings (SSSR count). The van der Waals surface area contributed by atoms with Crippen LogP contribution in [0.5, 0.6) is 0 Å². The Balaban J connectivity index is 1.77. The molecule has 4 aromatic rings. The minimum atomic E-state index is -1.10. The standard InChI is InChI=1S/C26H21FN4O4S/c1-12-6-5-11-30-14(3)19(29-24(12)30)21(33)18-20(16-7-9-17(27)10-8-16)31(25(35)22(18)34)26-28-13(2)23(36-26)15(4)32/h5-11,20,33H,1-4H3/b21-18+. The number of rotatable bonds is 4. The molecule has 1 aromatic carbocycles. The second kappa shape index (κ2) is 8.49. The van der Waals surface area contributed by atoms with Crippen molar-refractivity contribution in [2.75, 3.05) is 4.90 Å². The number of carbonyl (C=O) groups is 3. The Kier molecular flexibility index (Phi) is 5.55. The number of aryl methyl sites for hydroxylation is 3. The van der Waals surface area contributed by atoms with Gasteiger partial charge in [0.15, 0.2) is 16.7 Å². The number of carbonyl (C=O) groups excluding carboxylic acids is 3. The zero-order chi connectivity index (χ0) is 25.9. The third-order valence-electron chi connectivity index (χ3n) is 6.25. The minimum absolute atomic E-state index is 0.135. The van der Waals surface area contributed by atoms with Gasteiger partial charge in [-0.2, -0.15) is 0 Å². The molecule has 0 saturated carbocycles. The molecule has 10 heteroatoms. The van der Waals surface area contributed by atoms with Gasteiger partial charge in [0.1, 0.15) is 17.2 Å². The summed E-state index contributed by atoms with van der Waals surface area (Å²) in [5.74, 6) is -2.99. The number of hydrogen-bond acceptors (Lipinski definition) is 7. The van der Waals surface area contributed by atoms with Gasteiger partial charge in [-0.15, -0.1) is 0 Å². The third-order valence-corrected chi connectivity index (χ3v) is 7.51. The molecule has 0 aliphatic carbocycles. The van der Waals surface area contributed by atoms with Gasteiger partial charge in [0.25, 0.3) is 5.78 Å². The van der Waals surface area contributed by atoms with Crippen molar-refractivity contribution in [3.8, 4) is 0 Å². The molecule has 1 amide bonds. The van der Waals surface area contributed by atoms with Crippen molar-refractivity contribution in [1.82, 2.24) is 14.4 Å². The number of hydrogen-bond donors (Lipinski definition) is 1. The molecular weight excluding hydrogens is 483 g/mol. The Morgan fingerprint density at radius 1 is 1.08 bits per heavy atom. The molecule has 182 valence electrons. The smallest absolute Gasteiger partial charge is 0.301 e. The number of pyridine rings is 1. The van der Waals surface area contributed by atoms with Crippen LogP contribution in [0.4, 0.5) is 9.52 Å². The first kappa shape index (κ1) is 23.6. The van der Waals surface area contributed by atoms with E-state index in [1.807, 2.05) is 19.1 Å². The molecule has 1 saturated heterocycles. The summed E-state index contributed by atoms with van der Waals surface area (Å²) >= 11 is 0.985. The largest absolute Gasteiger partial charge is 0.505 e. The van der Waals surface area contributed by atoms with Crippen molar-refractivity contribution in [3.05, 3.63) is 87.1 Å². The van der Waals surface area contributed by atoms with Crippen molar-refractivity contribution in [1.29, 1.82) is 0 Å². The van der Waals surface area contributed by atoms with Crippen molar-refractivity contribution in [2.24, 2.45) is 0 Å². The van der Waals surface area contributed by atoms with Gasteiger partial charge < -0.3 is 9.51 Å². The van der Waals surface area contributed by atoms with Crippen LogP contribution in [-0.2, 0) is 9.59 Å². The molecule has 1 atom stereocenters. The summed E-state index contributed by atoms with van der Waals surface area (Å²) in [6.07, 6.45) is 1.79. The summed E-state index contributed by atoms with van der Waals surface area (Å²) in [6.45, 7) is 6.66. The summed E-state index contributed by atoms with van der Waals surface area (Å²) < 4.78 is 15.5. The van der Waals surface area contributed by atoms with Crippen LogP contribution >= 0.6 is 11.3 Å².